The van der Waals surface area contributed by atoms with E-state index in [1.54, 1.807) is 90.1 Å². The number of carbonyl (C=O) groups is 4. The van der Waals surface area contributed by atoms with Crippen LogP contribution in [0.3, 0.4) is 0 Å². The molecule has 5 aromatic rings. The van der Waals surface area contributed by atoms with Crippen molar-refractivity contribution < 1.29 is 51.7 Å². The highest BCUT2D eigenvalue weighted by Gasteiger charge is 2.31. The Labute approximate surface area is 341 Å². The Balaban J connectivity index is 0.000000329. The Kier molecular flexibility index (Phi) is 14.3. The summed E-state index contributed by atoms with van der Waals surface area (Å²) in [5.41, 5.74) is 1.52. The second kappa shape index (κ2) is 18.5. The van der Waals surface area contributed by atoms with Gasteiger partial charge in [0.05, 0.1) is 44.3 Å². The van der Waals surface area contributed by atoms with Crippen molar-refractivity contribution in [3.63, 3.8) is 0 Å². The van der Waals surface area contributed by atoms with Crippen LogP contribution >= 0.6 is 23.2 Å². The van der Waals surface area contributed by atoms with Crippen LogP contribution in [0.15, 0.2) is 85.1 Å². The summed E-state index contributed by atoms with van der Waals surface area (Å²) in [6.45, 7) is 10.8. The number of nitrogens with zero attached hydrogens (tertiary/aromatic N) is 2. The van der Waals surface area contributed by atoms with Crippen LogP contribution in [0, 0.1) is 0 Å². The standard InChI is InChI=1S/C27H24ClF3N4O4.C13H16ClNO4/c1-26(2,3)39-25(37)32-14-16-10-11-21(28)19(12-16)24(36)34-22-8-5-9-23-20(22)15-33-35(23)17-6-4-7-18(13-17)38-27(29,30)31;1-13(2,3)19-12(18)15-7-8-4-5-10(14)9(6-8)11(16)17/h4-13,15H,14H2,1-3H3,(H,32,37)(H,34,36);4-6H,7H2,1-3H3,(H,15,18)(H,16,17). The Morgan fingerprint density at radius 1 is 0.741 bits per heavy atom. The van der Waals surface area contributed by atoms with Crippen LogP contribution in [0.2, 0.25) is 10.0 Å². The molecule has 0 saturated carbocycles. The van der Waals surface area contributed by atoms with E-state index in [9.17, 15) is 32.3 Å². The summed E-state index contributed by atoms with van der Waals surface area (Å²) in [7, 11) is 0. The molecule has 0 radical (unpaired) electrons. The van der Waals surface area contributed by atoms with Crippen molar-refractivity contribution >= 4 is 63.9 Å². The van der Waals surface area contributed by atoms with Gasteiger partial charge < -0.3 is 35.3 Å². The van der Waals surface area contributed by atoms with E-state index in [0.717, 1.165) is 0 Å². The average molecular weight is 847 g/mol. The molecule has 0 aliphatic rings. The van der Waals surface area contributed by atoms with Gasteiger partial charge in [0.1, 0.15) is 17.0 Å². The molecular weight excluding hydrogens is 806 g/mol. The fraction of sp³-hybridized carbons (Fsp3) is 0.275. The van der Waals surface area contributed by atoms with E-state index in [4.69, 9.17) is 37.8 Å². The fourth-order valence-electron chi connectivity index (χ4n) is 5.05. The Morgan fingerprint density at radius 3 is 1.81 bits per heavy atom. The number of carboxylic acid groups (broad SMARTS) is 1. The van der Waals surface area contributed by atoms with Gasteiger partial charge in [-0.1, -0.05) is 47.5 Å². The lowest BCUT2D eigenvalue weighted by Gasteiger charge is -2.19. The van der Waals surface area contributed by atoms with Gasteiger partial charge in [0.25, 0.3) is 5.91 Å². The van der Waals surface area contributed by atoms with E-state index in [1.807, 2.05) is 0 Å². The summed E-state index contributed by atoms with van der Waals surface area (Å²) < 4.78 is 53.7. The van der Waals surface area contributed by atoms with E-state index < -0.39 is 41.6 Å². The summed E-state index contributed by atoms with van der Waals surface area (Å²) in [5, 5.41) is 22.1. The first-order chi connectivity index (χ1) is 27.0. The molecule has 0 aliphatic heterocycles. The lowest BCUT2D eigenvalue weighted by Crippen LogP contribution is -2.32. The molecule has 1 aromatic heterocycles. The number of hydrogen-bond donors (Lipinski definition) is 4. The number of alkyl halides is 3. The first-order valence-electron chi connectivity index (χ1n) is 17.4. The first-order valence-corrected chi connectivity index (χ1v) is 18.1. The number of carbonyl (C=O) groups excluding carboxylic acids is 3. The number of aromatic carboxylic acids is 1. The van der Waals surface area contributed by atoms with E-state index in [-0.39, 0.29) is 40.0 Å². The third kappa shape index (κ3) is 13.6. The molecule has 4 N–H and O–H groups in total. The minimum absolute atomic E-state index is 0.00477. The maximum Gasteiger partial charge on any atom is 0.573 e. The third-order valence-electron chi connectivity index (χ3n) is 7.37. The summed E-state index contributed by atoms with van der Waals surface area (Å²) in [6.07, 6.45) is -4.49. The number of rotatable bonds is 9. The van der Waals surface area contributed by atoms with Gasteiger partial charge in [0, 0.05) is 24.5 Å². The summed E-state index contributed by atoms with van der Waals surface area (Å²) in [5.74, 6) is -1.99. The van der Waals surface area contributed by atoms with Crippen LogP contribution in [0.4, 0.5) is 28.4 Å². The number of alkyl carbamates (subject to hydrolysis) is 2. The van der Waals surface area contributed by atoms with Gasteiger partial charge in [-0.2, -0.15) is 5.10 Å². The SMILES string of the molecule is CC(C)(C)OC(=O)NCc1ccc(Cl)c(C(=O)Nc2cccc3c2cnn3-c2cccc(OC(F)(F)F)c2)c1.CC(C)(C)OC(=O)NCc1ccc(Cl)c(C(=O)O)c1. The van der Waals surface area contributed by atoms with Gasteiger partial charge in [0.15, 0.2) is 0 Å². The van der Waals surface area contributed by atoms with Crippen molar-refractivity contribution in [3.05, 3.63) is 117 Å². The number of benzene rings is 4. The molecule has 58 heavy (non-hydrogen) atoms. The zero-order valence-electron chi connectivity index (χ0n) is 32.1. The fourth-order valence-corrected chi connectivity index (χ4v) is 5.45. The van der Waals surface area contributed by atoms with Gasteiger partial charge in [-0.3, -0.25) is 4.79 Å². The van der Waals surface area contributed by atoms with Crippen LogP contribution in [0.5, 0.6) is 5.75 Å². The smallest absolute Gasteiger partial charge is 0.478 e. The first kappa shape index (κ1) is 44.7. The van der Waals surface area contributed by atoms with Crippen molar-refractivity contribution in [3.8, 4) is 11.4 Å². The minimum atomic E-state index is -4.83. The van der Waals surface area contributed by atoms with Gasteiger partial charge in [-0.25, -0.2) is 19.1 Å². The number of ether oxygens (including phenoxy) is 3. The molecule has 0 spiro atoms. The molecule has 5 rings (SSSR count). The van der Waals surface area contributed by atoms with Crippen molar-refractivity contribution in [2.24, 2.45) is 0 Å². The molecule has 308 valence electrons. The van der Waals surface area contributed by atoms with Crippen LogP contribution in [-0.2, 0) is 22.6 Å². The molecule has 18 heteroatoms. The van der Waals surface area contributed by atoms with Gasteiger partial charge in [-0.05, 0) is 101 Å². The molecule has 0 fully saturated rings. The van der Waals surface area contributed by atoms with Gasteiger partial charge in [-0.15, -0.1) is 13.2 Å². The molecule has 0 aliphatic carbocycles. The molecule has 13 nitrogen and oxygen atoms in total. The zero-order valence-corrected chi connectivity index (χ0v) is 33.6. The van der Waals surface area contributed by atoms with Crippen LogP contribution in [0.1, 0.15) is 73.4 Å². The predicted molar refractivity (Wildman–Crippen MR) is 212 cm³/mol. The lowest BCUT2D eigenvalue weighted by atomic mass is 10.1. The Morgan fingerprint density at radius 2 is 1.28 bits per heavy atom. The molecular formula is C40H40Cl2F3N5O8. The number of fused-ring (bicyclic) bond motifs is 1. The van der Waals surface area contributed by atoms with Crippen LogP contribution < -0.4 is 20.7 Å². The molecule has 0 bridgehead atoms. The van der Waals surface area contributed by atoms with Crippen LogP contribution in [-0.4, -0.2) is 56.5 Å². The molecule has 0 saturated heterocycles. The predicted octanol–water partition coefficient (Wildman–Crippen LogP) is 9.92. The van der Waals surface area contributed by atoms with E-state index in [0.29, 0.717) is 33.4 Å². The molecule has 0 unspecified atom stereocenters. The molecule has 0 atom stereocenters. The largest absolute Gasteiger partial charge is 0.573 e. The van der Waals surface area contributed by atoms with Gasteiger partial charge in [0.2, 0.25) is 0 Å². The van der Waals surface area contributed by atoms with Crippen LogP contribution in [0.25, 0.3) is 16.6 Å². The number of carboxylic acids is 1. The van der Waals surface area contributed by atoms with Crippen molar-refractivity contribution in [2.45, 2.75) is 72.2 Å². The second-order valence-corrected chi connectivity index (χ2v) is 15.3. The third-order valence-corrected chi connectivity index (χ3v) is 8.02. The number of aromatic nitrogens is 2. The number of hydrogen-bond acceptors (Lipinski definition) is 8. The van der Waals surface area contributed by atoms with Gasteiger partial charge >= 0.3 is 24.5 Å². The summed E-state index contributed by atoms with van der Waals surface area (Å²) in [6, 6.07) is 19.8. The Bertz CT molecular complexity index is 2300. The normalized spacial score (nSPS) is 11.5. The van der Waals surface area contributed by atoms with E-state index >= 15 is 0 Å². The number of amides is 3. The second-order valence-electron chi connectivity index (χ2n) is 14.4. The lowest BCUT2D eigenvalue weighted by molar-refractivity contribution is -0.274. The monoisotopic (exact) mass is 845 g/mol. The van der Waals surface area contributed by atoms with Crippen molar-refractivity contribution in [1.82, 2.24) is 20.4 Å². The maximum absolute atomic E-state index is 13.2. The zero-order chi connectivity index (χ0) is 43.0. The van der Waals surface area contributed by atoms with Crippen molar-refractivity contribution in [1.29, 1.82) is 0 Å². The Hall–Kier alpha value is -6.00. The minimum Gasteiger partial charge on any atom is -0.478 e. The molecule has 4 aromatic carbocycles. The number of halogens is 5. The van der Waals surface area contributed by atoms with Crippen molar-refractivity contribution in [2.75, 3.05) is 5.32 Å². The quantitative estimate of drug-likeness (QED) is 0.113. The summed E-state index contributed by atoms with van der Waals surface area (Å²) in [4.78, 5) is 47.5. The number of anilines is 1. The molecule has 3 amide bonds. The number of nitrogens with one attached hydrogen (secondary N) is 3. The summed E-state index contributed by atoms with van der Waals surface area (Å²) >= 11 is 12.0. The van der Waals surface area contributed by atoms with E-state index in [1.165, 1.54) is 41.2 Å². The topological polar surface area (TPSA) is 170 Å². The highest BCUT2D eigenvalue weighted by atomic mass is 35.5. The molecule has 1 heterocycles. The maximum atomic E-state index is 13.2. The van der Waals surface area contributed by atoms with E-state index in [2.05, 4.69) is 25.8 Å². The highest BCUT2D eigenvalue weighted by molar-refractivity contribution is 6.34. The average Bonchev–Trinajstić information content (AvgIpc) is 3.54. The highest BCUT2D eigenvalue weighted by Crippen LogP contribution is 2.30.